The van der Waals surface area contributed by atoms with Crippen LogP contribution in [0.2, 0.25) is 10.0 Å². The lowest BCUT2D eigenvalue weighted by atomic mass is 10.3. The number of hydrogen-bond donors (Lipinski definition) is 1. The fourth-order valence-electron chi connectivity index (χ4n) is 1.91. The average Bonchev–Trinajstić information content (AvgIpc) is 2.44. The highest BCUT2D eigenvalue weighted by Crippen LogP contribution is 2.28. The van der Waals surface area contributed by atoms with Gasteiger partial charge in [-0.2, -0.15) is 0 Å². The van der Waals surface area contributed by atoms with Gasteiger partial charge in [0.15, 0.2) is 0 Å². The lowest BCUT2D eigenvalue weighted by Gasteiger charge is -2.23. The Hall–Kier alpha value is -1.43. The first-order valence-electron chi connectivity index (χ1n) is 6.19. The largest absolute Gasteiger partial charge is 0.397 e. The predicted octanol–water partition coefficient (Wildman–Crippen LogP) is 3.79. The van der Waals surface area contributed by atoms with Gasteiger partial charge in [-0.3, -0.25) is 4.31 Å². The molecule has 0 amide bonds. The van der Waals surface area contributed by atoms with Gasteiger partial charge in [0.1, 0.15) is 0 Å². The molecule has 0 aliphatic carbocycles. The van der Waals surface area contributed by atoms with E-state index in [4.69, 9.17) is 28.9 Å². The molecular formula is C14H14Cl2N2O2S. The van der Waals surface area contributed by atoms with Gasteiger partial charge in [-0.05, 0) is 49.4 Å². The van der Waals surface area contributed by atoms with Gasteiger partial charge in [-0.15, -0.1) is 0 Å². The van der Waals surface area contributed by atoms with Crippen LogP contribution in [0.1, 0.15) is 6.92 Å². The normalized spacial score (nSPS) is 11.4. The number of anilines is 2. The van der Waals surface area contributed by atoms with Gasteiger partial charge in [0.2, 0.25) is 0 Å². The topological polar surface area (TPSA) is 63.4 Å². The molecule has 0 saturated heterocycles. The molecule has 2 N–H and O–H groups in total. The molecule has 0 aliphatic heterocycles. The van der Waals surface area contributed by atoms with Crippen LogP contribution >= 0.6 is 23.2 Å². The maximum absolute atomic E-state index is 12.7. The summed E-state index contributed by atoms with van der Waals surface area (Å²) in [6.45, 7) is 2.04. The zero-order valence-electron chi connectivity index (χ0n) is 11.3. The summed E-state index contributed by atoms with van der Waals surface area (Å²) in [7, 11) is -3.70. The molecular weight excluding hydrogens is 331 g/mol. The van der Waals surface area contributed by atoms with E-state index in [1.807, 2.05) is 0 Å². The van der Waals surface area contributed by atoms with Crippen molar-refractivity contribution in [1.82, 2.24) is 0 Å². The monoisotopic (exact) mass is 344 g/mol. The fourth-order valence-corrected chi connectivity index (χ4v) is 3.66. The number of sulfonamides is 1. The molecule has 112 valence electrons. The highest BCUT2D eigenvalue weighted by atomic mass is 35.5. The highest BCUT2D eigenvalue weighted by molar-refractivity contribution is 7.92. The molecule has 0 aromatic heterocycles. The number of nitrogen functional groups attached to an aromatic ring is 1. The van der Waals surface area contributed by atoms with Gasteiger partial charge in [-0.25, -0.2) is 8.42 Å². The predicted molar refractivity (Wildman–Crippen MR) is 87.5 cm³/mol. The third kappa shape index (κ3) is 3.26. The van der Waals surface area contributed by atoms with Crippen LogP contribution in [0.25, 0.3) is 0 Å². The number of benzene rings is 2. The summed E-state index contributed by atoms with van der Waals surface area (Å²) in [6.07, 6.45) is 0. The molecule has 7 heteroatoms. The Balaban J connectivity index is 2.49. The number of halogens is 2. The van der Waals surface area contributed by atoms with Crippen molar-refractivity contribution in [2.24, 2.45) is 0 Å². The Morgan fingerprint density at radius 1 is 1.10 bits per heavy atom. The van der Waals surface area contributed by atoms with E-state index < -0.39 is 10.0 Å². The zero-order chi connectivity index (χ0) is 15.6. The van der Waals surface area contributed by atoms with Gasteiger partial charge >= 0.3 is 0 Å². The Morgan fingerprint density at radius 2 is 1.71 bits per heavy atom. The second kappa shape index (κ2) is 6.13. The summed E-state index contributed by atoms with van der Waals surface area (Å²) in [4.78, 5) is 0.0983. The Kier molecular flexibility index (Phi) is 4.66. The molecule has 0 heterocycles. The second-order valence-electron chi connectivity index (χ2n) is 4.33. The summed E-state index contributed by atoms with van der Waals surface area (Å²) in [5.41, 5.74) is 6.45. The van der Waals surface area contributed by atoms with Crippen LogP contribution in [0.5, 0.6) is 0 Å². The SMILES string of the molecule is CCN(c1ccc(Cl)cc1)S(=O)(=O)c1ccc(Cl)c(N)c1. The van der Waals surface area contributed by atoms with Crippen LogP contribution in [0, 0.1) is 0 Å². The fraction of sp³-hybridized carbons (Fsp3) is 0.143. The minimum Gasteiger partial charge on any atom is -0.397 e. The number of rotatable bonds is 4. The van der Waals surface area contributed by atoms with Crippen molar-refractivity contribution in [2.75, 3.05) is 16.6 Å². The molecule has 4 nitrogen and oxygen atoms in total. The Morgan fingerprint density at radius 3 is 2.24 bits per heavy atom. The molecule has 2 aromatic carbocycles. The average molecular weight is 345 g/mol. The number of nitrogens with zero attached hydrogens (tertiary/aromatic N) is 1. The first-order valence-corrected chi connectivity index (χ1v) is 8.39. The summed E-state index contributed by atoms with van der Waals surface area (Å²) in [5, 5.41) is 0.867. The van der Waals surface area contributed by atoms with E-state index >= 15 is 0 Å². The molecule has 21 heavy (non-hydrogen) atoms. The van der Waals surface area contributed by atoms with Crippen LogP contribution in [-0.2, 0) is 10.0 Å². The van der Waals surface area contributed by atoms with E-state index in [1.54, 1.807) is 31.2 Å². The first kappa shape index (κ1) is 15.9. The van der Waals surface area contributed by atoms with E-state index in [1.165, 1.54) is 22.5 Å². The smallest absolute Gasteiger partial charge is 0.264 e. The van der Waals surface area contributed by atoms with Crippen LogP contribution in [-0.4, -0.2) is 15.0 Å². The molecule has 2 aromatic rings. The molecule has 0 radical (unpaired) electrons. The van der Waals surface area contributed by atoms with Crippen LogP contribution < -0.4 is 10.0 Å². The Bertz CT molecular complexity index is 746. The van der Waals surface area contributed by atoms with Crippen molar-refractivity contribution in [3.05, 3.63) is 52.5 Å². The van der Waals surface area contributed by atoms with E-state index in [9.17, 15) is 8.42 Å². The van der Waals surface area contributed by atoms with Crippen LogP contribution in [0.3, 0.4) is 0 Å². The summed E-state index contributed by atoms with van der Waals surface area (Å²) < 4.78 is 26.7. The van der Waals surface area contributed by atoms with Gasteiger partial charge in [0, 0.05) is 11.6 Å². The van der Waals surface area contributed by atoms with Gasteiger partial charge in [0.25, 0.3) is 10.0 Å². The standard InChI is InChI=1S/C14H14Cl2N2O2S/c1-2-18(11-5-3-10(15)4-6-11)21(19,20)12-7-8-13(16)14(17)9-12/h3-9H,2,17H2,1H3. The molecule has 0 aliphatic rings. The summed E-state index contributed by atoms with van der Waals surface area (Å²) >= 11 is 11.7. The van der Waals surface area contributed by atoms with Crippen molar-refractivity contribution < 1.29 is 8.42 Å². The van der Waals surface area contributed by atoms with Crippen LogP contribution in [0.4, 0.5) is 11.4 Å². The molecule has 0 saturated carbocycles. The quantitative estimate of drug-likeness (QED) is 0.858. The molecule has 0 spiro atoms. The molecule has 0 atom stereocenters. The van der Waals surface area contributed by atoms with Crippen molar-refractivity contribution >= 4 is 44.6 Å². The number of hydrogen-bond acceptors (Lipinski definition) is 3. The van der Waals surface area contributed by atoms with Crippen LogP contribution in [0.15, 0.2) is 47.4 Å². The minimum absolute atomic E-state index is 0.0983. The van der Waals surface area contributed by atoms with Crippen molar-refractivity contribution in [3.8, 4) is 0 Å². The second-order valence-corrected chi connectivity index (χ2v) is 7.04. The van der Waals surface area contributed by atoms with E-state index in [0.29, 0.717) is 15.7 Å². The first-order chi connectivity index (χ1) is 9.86. The Labute approximate surface area is 134 Å². The van der Waals surface area contributed by atoms with Gasteiger partial charge < -0.3 is 5.73 Å². The van der Waals surface area contributed by atoms with E-state index in [0.717, 1.165) is 0 Å². The maximum atomic E-state index is 12.7. The lowest BCUT2D eigenvalue weighted by molar-refractivity contribution is 0.592. The summed E-state index contributed by atoms with van der Waals surface area (Å²) in [6, 6.07) is 10.9. The third-order valence-electron chi connectivity index (χ3n) is 2.96. The van der Waals surface area contributed by atoms with Crippen molar-refractivity contribution in [3.63, 3.8) is 0 Å². The lowest BCUT2D eigenvalue weighted by Crippen LogP contribution is -2.30. The van der Waals surface area contributed by atoms with E-state index in [2.05, 4.69) is 0 Å². The summed E-state index contributed by atoms with van der Waals surface area (Å²) in [5.74, 6) is 0. The maximum Gasteiger partial charge on any atom is 0.264 e. The molecule has 0 fully saturated rings. The highest BCUT2D eigenvalue weighted by Gasteiger charge is 2.24. The molecule has 0 bridgehead atoms. The molecule has 2 rings (SSSR count). The third-order valence-corrected chi connectivity index (χ3v) is 5.45. The number of nitrogens with two attached hydrogens (primary N) is 1. The zero-order valence-corrected chi connectivity index (χ0v) is 13.6. The van der Waals surface area contributed by atoms with Gasteiger partial charge in [0.05, 0.1) is 21.3 Å². The van der Waals surface area contributed by atoms with Gasteiger partial charge in [-0.1, -0.05) is 23.2 Å². The van der Waals surface area contributed by atoms with E-state index in [-0.39, 0.29) is 17.1 Å². The van der Waals surface area contributed by atoms with Crippen molar-refractivity contribution in [1.29, 1.82) is 0 Å². The minimum atomic E-state index is -3.70. The molecule has 0 unspecified atom stereocenters. The van der Waals surface area contributed by atoms with Crippen molar-refractivity contribution in [2.45, 2.75) is 11.8 Å².